The van der Waals surface area contributed by atoms with Gasteiger partial charge in [0.1, 0.15) is 35.8 Å². The fraction of sp³-hybridized carbons (Fsp3) is 0.407. The second-order valence-corrected chi connectivity index (χ2v) is 9.48. The molecule has 12 nitrogen and oxygen atoms in total. The van der Waals surface area contributed by atoms with E-state index in [1.165, 1.54) is 7.11 Å². The average molecular weight is 537 g/mol. The van der Waals surface area contributed by atoms with Crippen LogP contribution in [0.2, 0.25) is 0 Å². The van der Waals surface area contributed by atoms with Crippen molar-refractivity contribution in [1.82, 2.24) is 30.0 Å². The number of aliphatic hydroxyl groups is 2. The predicted octanol–water partition coefficient (Wildman–Crippen LogP) is 1.66. The first kappa shape index (κ1) is 27.1. The molecule has 12 heteroatoms. The van der Waals surface area contributed by atoms with Gasteiger partial charge >= 0.3 is 0 Å². The number of aliphatic hydroxyl groups excluding tert-OH is 2. The summed E-state index contributed by atoms with van der Waals surface area (Å²) >= 11 is 0. The SMILES string of the molecule is CO[C@@H]1OC(CO)[C@H](O)[C@H](OCc2cn(-c3ccc(C)cc3)nn2)C1OCc1cn(-c2ccc(C)cc2)nn1. The number of benzene rings is 2. The van der Waals surface area contributed by atoms with Gasteiger partial charge in [0, 0.05) is 7.11 Å². The Bertz CT molecular complexity index is 1340. The maximum absolute atomic E-state index is 11.0. The molecule has 2 unspecified atom stereocenters. The Morgan fingerprint density at radius 1 is 0.795 bits per heavy atom. The third kappa shape index (κ3) is 6.22. The smallest absolute Gasteiger partial charge is 0.186 e. The molecule has 2 aromatic carbocycles. The van der Waals surface area contributed by atoms with Gasteiger partial charge in [0.15, 0.2) is 6.29 Å². The molecule has 1 saturated heterocycles. The van der Waals surface area contributed by atoms with E-state index in [0.717, 1.165) is 22.5 Å². The van der Waals surface area contributed by atoms with Gasteiger partial charge in [-0.25, -0.2) is 9.36 Å². The van der Waals surface area contributed by atoms with Crippen molar-refractivity contribution < 1.29 is 29.2 Å². The zero-order valence-electron chi connectivity index (χ0n) is 22.0. The minimum Gasteiger partial charge on any atom is -0.394 e. The van der Waals surface area contributed by atoms with E-state index in [1.54, 1.807) is 21.8 Å². The second kappa shape index (κ2) is 12.1. The first-order chi connectivity index (χ1) is 18.9. The van der Waals surface area contributed by atoms with Crippen LogP contribution in [-0.2, 0) is 32.2 Å². The normalized spacial score (nSPS) is 23.3. The Morgan fingerprint density at radius 3 is 1.74 bits per heavy atom. The lowest BCUT2D eigenvalue weighted by atomic mass is 9.98. The van der Waals surface area contributed by atoms with Crippen LogP contribution in [0, 0.1) is 13.8 Å². The molecule has 1 aliphatic heterocycles. The summed E-state index contributed by atoms with van der Waals surface area (Å²) in [5.41, 5.74) is 5.16. The lowest BCUT2D eigenvalue weighted by Gasteiger charge is -2.43. The topological polar surface area (TPSA) is 139 Å². The molecule has 2 N–H and O–H groups in total. The van der Waals surface area contributed by atoms with E-state index in [1.807, 2.05) is 62.4 Å². The third-order valence-electron chi connectivity index (χ3n) is 6.56. The third-order valence-corrected chi connectivity index (χ3v) is 6.56. The summed E-state index contributed by atoms with van der Waals surface area (Å²) in [6, 6.07) is 15.8. The van der Waals surface area contributed by atoms with E-state index in [4.69, 9.17) is 18.9 Å². The van der Waals surface area contributed by atoms with Crippen molar-refractivity contribution in [3.8, 4) is 11.4 Å². The highest BCUT2D eigenvalue weighted by molar-refractivity contribution is 5.34. The highest BCUT2D eigenvalue weighted by atomic mass is 16.7. The summed E-state index contributed by atoms with van der Waals surface area (Å²) in [7, 11) is 1.46. The number of aromatic nitrogens is 6. The van der Waals surface area contributed by atoms with E-state index in [2.05, 4.69) is 20.6 Å². The first-order valence-corrected chi connectivity index (χ1v) is 12.6. The molecule has 2 aromatic heterocycles. The number of nitrogens with zero attached hydrogens (tertiary/aromatic N) is 6. The summed E-state index contributed by atoms with van der Waals surface area (Å²) in [4.78, 5) is 0. The monoisotopic (exact) mass is 536 g/mol. The Morgan fingerprint density at radius 2 is 1.28 bits per heavy atom. The Hall–Kier alpha value is -3.52. The van der Waals surface area contributed by atoms with E-state index >= 15 is 0 Å². The van der Waals surface area contributed by atoms with Crippen LogP contribution in [0.5, 0.6) is 0 Å². The molecule has 0 spiro atoms. The fourth-order valence-corrected chi connectivity index (χ4v) is 4.34. The predicted molar refractivity (Wildman–Crippen MR) is 138 cm³/mol. The summed E-state index contributed by atoms with van der Waals surface area (Å²) in [5.74, 6) is 0. The van der Waals surface area contributed by atoms with Crippen molar-refractivity contribution in [1.29, 1.82) is 0 Å². The van der Waals surface area contributed by atoms with Gasteiger partial charge < -0.3 is 29.2 Å². The van der Waals surface area contributed by atoms with Crippen molar-refractivity contribution in [2.75, 3.05) is 13.7 Å². The first-order valence-electron chi connectivity index (χ1n) is 12.6. The summed E-state index contributed by atoms with van der Waals surface area (Å²) in [6.45, 7) is 3.73. The van der Waals surface area contributed by atoms with Crippen molar-refractivity contribution in [2.45, 2.75) is 57.8 Å². The van der Waals surface area contributed by atoms with Gasteiger partial charge in [-0.3, -0.25) is 0 Å². The quantitative estimate of drug-likeness (QED) is 0.308. The van der Waals surface area contributed by atoms with Gasteiger partial charge in [0.05, 0.1) is 43.6 Å². The molecular formula is C27H32N6O6. The van der Waals surface area contributed by atoms with E-state index < -0.39 is 37.3 Å². The lowest BCUT2D eigenvalue weighted by Crippen LogP contribution is -2.60. The minimum absolute atomic E-state index is 0.0473. The molecule has 1 aliphatic rings. The molecule has 1 fully saturated rings. The molecular weight excluding hydrogens is 504 g/mol. The number of hydrogen-bond donors (Lipinski definition) is 2. The van der Waals surface area contributed by atoms with Gasteiger partial charge in [-0.1, -0.05) is 45.8 Å². The number of methoxy groups -OCH3 is 1. The molecule has 4 aromatic rings. The van der Waals surface area contributed by atoms with Crippen LogP contribution in [0.15, 0.2) is 60.9 Å². The largest absolute Gasteiger partial charge is 0.394 e. The molecule has 0 aliphatic carbocycles. The molecule has 0 radical (unpaired) electrons. The van der Waals surface area contributed by atoms with Crippen LogP contribution < -0.4 is 0 Å². The van der Waals surface area contributed by atoms with Gasteiger partial charge in [0.2, 0.25) is 0 Å². The Labute approximate surface area is 225 Å². The van der Waals surface area contributed by atoms with Crippen LogP contribution >= 0.6 is 0 Å². The second-order valence-electron chi connectivity index (χ2n) is 9.48. The molecule has 206 valence electrons. The van der Waals surface area contributed by atoms with Crippen molar-refractivity contribution in [3.05, 3.63) is 83.4 Å². The zero-order valence-corrected chi connectivity index (χ0v) is 22.0. The fourth-order valence-electron chi connectivity index (χ4n) is 4.34. The number of ether oxygens (including phenoxy) is 4. The number of rotatable bonds is 10. The molecule has 3 heterocycles. The summed E-state index contributed by atoms with van der Waals surface area (Å²) in [6.07, 6.45) is -1.19. The molecule has 0 bridgehead atoms. The molecule has 0 saturated carbocycles. The van der Waals surface area contributed by atoms with E-state index in [0.29, 0.717) is 11.4 Å². The summed E-state index contributed by atoms with van der Waals surface area (Å²) in [5, 5.41) is 37.5. The van der Waals surface area contributed by atoms with Gasteiger partial charge in [-0.2, -0.15) is 0 Å². The average Bonchev–Trinajstić information content (AvgIpc) is 3.62. The van der Waals surface area contributed by atoms with Crippen molar-refractivity contribution in [2.24, 2.45) is 0 Å². The Balaban J connectivity index is 1.28. The van der Waals surface area contributed by atoms with Gasteiger partial charge in [0.25, 0.3) is 0 Å². The van der Waals surface area contributed by atoms with Gasteiger partial charge in [-0.15, -0.1) is 10.2 Å². The minimum atomic E-state index is -1.18. The lowest BCUT2D eigenvalue weighted by molar-refractivity contribution is -0.314. The van der Waals surface area contributed by atoms with Crippen molar-refractivity contribution in [3.63, 3.8) is 0 Å². The number of hydrogen-bond acceptors (Lipinski definition) is 10. The molecule has 5 rings (SSSR count). The standard InChI is InChI=1S/C27H32N6O6/c1-17-4-8-21(9-5-17)32-12-19(28-30-32)15-37-25-24(35)23(14-34)39-27(36-3)26(25)38-16-20-13-33(31-29-20)22-10-6-18(2)7-11-22/h4-13,23-27,34-35H,14-16H2,1-3H3/t23?,24-,25-,26?,27+/m0/s1. The molecule has 0 amide bonds. The van der Waals surface area contributed by atoms with E-state index in [9.17, 15) is 10.2 Å². The van der Waals surface area contributed by atoms with Crippen LogP contribution in [0.25, 0.3) is 11.4 Å². The highest BCUT2D eigenvalue weighted by Crippen LogP contribution is 2.28. The van der Waals surface area contributed by atoms with Gasteiger partial charge in [-0.05, 0) is 38.1 Å². The maximum atomic E-state index is 11.0. The molecule has 39 heavy (non-hydrogen) atoms. The number of aryl methyl sites for hydroxylation is 2. The van der Waals surface area contributed by atoms with Crippen LogP contribution in [0.4, 0.5) is 0 Å². The maximum Gasteiger partial charge on any atom is 0.186 e. The van der Waals surface area contributed by atoms with Crippen molar-refractivity contribution >= 4 is 0 Å². The van der Waals surface area contributed by atoms with Crippen LogP contribution in [0.1, 0.15) is 22.5 Å². The van der Waals surface area contributed by atoms with Crippen LogP contribution in [0.3, 0.4) is 0 Å². The molecule has 5 atom stereocenters. The van der Waals surface area contributed by atoms with E-state index in [-0.39, 0.29) is 13.2 Å². The summed E-state index contributed by atoms with van der Waals surface area (Å²) < 4.78 is 26.8. The zero-order chi connectivity index (χ0) is 27.4. The Kier molecular flexibility index (Phi) is 8.41. The van der Waals surface area contributed by atoms with Crippen LogP contribution in [-0.4, -0.2) is 84.6 Å². The highest BCUT2D eigenvalue weighted by Gasteiger charge is 2.47.